The first-order valence-electron chi connectivity index (χ1n) is 11.6. The van der Waals surface area contributed by atoms with E-state index in [1.54, 1.807) is 24.3 Å². The van der Waals surface area contributed by atoms with Gasteiger partial charge in [-0.25, -0.2) is 4.90 Å². The second-order valence-electron chi connectivity index (χ2n) is 8.86. The topological polar surface area (TPSA) is 133 Å². The van der Waals surface area contributed by atoms with Crippen LogP contribution in [0.3, 0.4) is 0 Å². The SMILES string of the molecule is CCc1cccc(CC)c1N1C(=O)C2C(c3ccccc3OC)NC(CC(=O)O)(C(=O)O)C2C1=O. The summed E-state index contributed by atoms with van der Waals surface area (Å²) >= 11 is 0. The average molecular weight is 481 g/mol. The first kappa shape index (κ1) is 24.4. The lowest BCUT2D eigenvalue weighted by atomic mass is 9.77. The normalized spacial score (nSPS) is 25.6. The van der Waals surface area contributed by atoms with Crippen molar-refractivity contribution in [3.05, 3.63) is 59.2 Å². The third-order valence-corrected chi connectivity index (χ3v) is 7.13. The summed E-state index contributed by atoms with van der Waals surface area (Å²) in [5.74, 6) is -6.26. The van der Waals surface area contributed by atoms with Crippen LogP contribution in [0.5, 0.6) is 5.75 Å². The molecule has 0 saturated carbocycles. The summed E-state index contributed by atoms with van der Waals surface area (Å²) in [6, 6.07) is 11.4. The molecule has 0 spiro atoms. The predicted octanol–water partition coefficient (Wildman–Crippen LogP) is 2.57. The van der Waals surface area contributed by atoms with Gasteiger partial charge in [0.1, 0.15) is 11.3 Å². The molecule has 9 heteroatoms. The van der Waals surface area contributed by atoms with E-state index in [0.29, 0.717) is 29.8 Å². The minimum Gasteiger partial charge on any atom is -0.496 e. The number of carboxylic acids is 2. The largest absolute Gasteiger partial charge is 0.496 e. The van der Waals surface area contributed by atoms with E-state index in [4.69, 9.17) is 4.74 Å². The van der Waals surface area contributed by atoms with Crippen molar-refractivity contribution in [3.63, 3.8) is 0 Å². The number of nitrogens with one attached hydrogen (secondary N) is 1. The van der Waals surface area contributed by atoms with E-state index < -0.39 is 53.6 Å². The van der Waals surface area contributed by atoms with Gasteiger partial charge in [-0.05, 0) is 30.0 Å². The highest BCUT2D eigenvalue weighted by Gasteiger charge is 2.69. The summed E-state index contributed by atoms with van der Waals surface area (Å²) in [4.78, 5) is 53.5. The van der Waals surface area contributed by atoms with E-state index in [1.165, 1.54) is 7.11 Å². The van der Waals surface area contributed by atoms with Crippen LogP contribution in [0.4, 0.5) is 5.69 Å². The second kappa shape index (κ2) is 9.14. The Morgan fingerprint density at radius 1 is 1.00 bits per heavy atom. The third kappa shape index (κ3) is 3.67. The number of aliphatic carboxylic acids is 2. The van der Waals surface area contributed by atoms with Crippen LogP contribution in [-0.2, 0) is 32.0 Å². The third-order valence-electron chi connectivity index (χ3n) is 7.13. The van der Waals surface area contributed by atoms with Crippen molar-refractivity contribution in [2.45, 2.75) is 44.7 Å². The molecule has 35 heavy (non-hydrogen) atoms. The molecular weight excluding hydrogens is 452 g/mol. The van der Waals surface area contributed by atoms with Crippen LogP contribution in [0.1, 0.15) is 43.0 Å². The number of hydrogen-bond acceptors (Lipinski definition) is 6. The van der Waals surface area contributed by atoms with Crippen LogP contribution in [0.15, 0.2) is 42.5 Å². The number of carbonyl (C=O) groups excluding carboxylic acids is 2. The molecule has 2 fully saturated rings. The number of anilines is 1. The molecule has 9 nitrogen and oxygen atoms in total. The van der Waals surface area contributed by atoms with Crippen LogP contribution in [0.2, 0.25) is 0 Å². The zero-order valence-electron chi connectivity index (χ0n) is 19.8. The number of fused-ring (bicyclic) bond motifs is 1. The number of ether oxygens (including phenoxy) is 1. The zero-order valence-corrected chi connectivity index (χ0v) is 19.8. The number of para-hydroxylation sites is 2. The van der Waals surface area contributed by atoms with E-state index in [0.717, 1.165) is 16.0 Å². The number of amides is 2. The number of nitrogens with zero attached hydrogens (tertiary/aromatic N) is 1. The van der Waals surface area contributed by atoms with Gasteiger partial charge in [-0.2, -0.15) is 0 Å². The van der Waals surface area contributed by atoms with Crippen LogP contribution in [0, 0.1) is 11.8 Å². The van der Waals surface area contributed by atoms with Crippen LogP contribution in [0.25, 0.3) is 0 Å². The molecule has 2 saturated heterocycles. The number of carboxylic acid groups (broad SMARTS) is 2. The molecule has 0 aliphatic carbocycles. The van der Waals surface area contributed by atoms with Crippen molar-refractivity contribution >= 4 is 29.4 Å². The Morgan fingerprint density at radius 3 is 2.17 bits per heavy atom. The van der Waals surface area contributed by atoms with Gasteiger partial charge in [-0.3, -0.25) is 24.5 Å². The van der Waals surface area contributed by atoms with Gasteiger partial charge in [-0.15, -0.1) is 0 Å². The molecule has 0 bridgehead atoms. The van der Waals surface area contributed by atoms with Gasteiger partial charge in [0, 0.05) is 11.6 Å². The number of methoxy groups -OCH3 is 1. The van der Waals surface area contributed by atoms with Crippen molar-refractivity contribution in [2.24, 2.45) is 11.8 Å². The molecule has 0 aromatic heterocycles. The standard InChI is InChI=1S/C26H28N2O7/c1-4-14-9-8-10-15(5-2)22(14)28-23(31)19-20(24(28)32)26(25(33)34,13-18(29)30)27-21(19)16-11-6-7-12-17(16)35-3/h6-12,19-21,27H,4-5,13H2,1-3H3,(H,29,30)(H,33,34). The Kier molecular flexibility index (Phi) is 6.38. The number of carbonyl (C=O) groups is 4. The Hall–Kier alpha value is -3.72. The molecule has 2 aliphatic rings. The smallest absolute Gasteiger partial charge is 0.325 e. The maximum absolute atomic E-state index is 14.0. The summed E-state index contributed by atoms with van der Waals surface area (Å²) in [6.45, 7) is 3.82. The van der Waals surface area contributed by atoms with Crippen molar-refractivity contribution in [1.29, 1.82) is 0 Å². The summed E-state index contributed by atoms with van der Waals surface area (Å²) in [7, 11) is 1.45. The Morgan fingerprint density at radius 2 is 1.63 bits per heavy atom. The predicted molar refractivity (Wildman–Crippen MR) is 126 cm³/mol. The van der Waals surface area contributed by atoms with Gasteiger partial charge in [-0.1, -0.05) is 50.2 Å². The van der Waals surface area contributed by atoms with E-state index >= 15 is 0 Å². The van der Waals surface area contributed by atoms with E-state index in [9.17, 15) is 29.4 Å². The number of benzene rings is 2. The van der Waals surface area contributed by atoms with Gasteiger partial charge in [0.05, 0.1) is 31.1 Å². The molecule has 2 amide bonds. The molecule has 2 aliphatic heterocycles. The molecule has 3 N–H and O–H groups in total. The lowest BCUT2D eigenvalue weighted by Crippen LogP contribution is -2.57. The number of rotatable bonds is 8. The highest BCUT2D eigenvalue weighted by Crippen LogP contribution is 2.53. The molecule has 4 atom stereocenters. The van der Waals surface area contributed by atoms with Crippen molar-refractivity contribution in [2.75, 3.05) is 12.0 Å². The number of aryl methyl sites for hydroxylation is 2. The lowest BCUT2D eigenvalue weighted by molar-refractivity contribution is -0.154. The van der Waals surface area contributed by atoms with Crippen LogP contribution >= 0.6 is 0 Å². The summed E-state index contributed by atoms with van der Waals surface area (Å²) in [5.41, 5.74) is 0.354. The number of imide groups is 1. The molecule has 4 unspecified atom stereocenters. The maximum atomic E-state index is 14.0. The fourth-order valence-corrected chi connectivity index (χ4v) is 5.59. The first-order chi connectivity index (χ1) is 16.7. The molecule has 2 heterocycles. The number of hydrogen-bond donors (Lipinski definition) is 3. The van der Waals surface area contributed by atoms with Crippen LogP contribution < -0.4 is 15.0 Å². The fraction of sp³-hybridized carbons (Fsp3) is 0.385. The monoisotopic (exact) mass is 480 g/mol. The van der Waals surface area contributed by atoms with E-state index in [1.807, 2.05) is 32.0 Å². The maximum Gasteiger partial charge on any atom is 0.325 e. The minimum atomic E-state index is -2.17. The molecule has 4 rings (SSSR count). The van der Waals surface area contributed by atoms with Gasteiger partial charge in [0.15, 0.2) is 0 Å². The summed E-state index contributed by atoms with van der Waals surface area (Å²) in [6.07, 6.45) is 0.254. The quantitative estimate of drug-likeness (QED) is 0.491. The Bertz CT molecular complexity index is 1190. The molecule has 2 aromatic rings. The van der Waals surface area contributed by atoms with Crippen molar-refractivity contribution in [1.82, 2.24) is 5.32 Å². The summed E-state index contributed by atoms with van der Waals surface area (Å²) < 4.78 is 5.45. The van der Waals surface area contributed by atoms with E-state index in [2.05, 4.69) is 5.32 Å². The molecule has 2 aromatic carbocycles. The van der Waals surface area contributed by atoms with Crippen molar-refractivity contribution < 1.29 is 34.1 Å². The Balaban J connectivity index is 1.95. The highest BCUT2D eigenvalue weighted by atomic mass is 16.5. The first-order valence-corrected chi connectivity index (χ1v) is 11.6. The second-order valence-corrected chi connectivity index (χ2v) is 8.86. The van der Waals surface area contributed by atoms with Gasteiger partial charge in [0.25, 0.3) is 0 Å². The fourth-order valence-electron chi connectivity index (χ4n) is 5.59. The minimum absolute atomic E-state index is 0.405. The van der Waals surface area contributed by atoms with Crippen molar-refractivity contribution in [3.8, 4) is 5.75 Å². The molecule has 184 valence electrons. The van der Waals surface area contributed by atoms with Crippen LogP contribution in [-0.4, -0.2) is 46.6 Å². The van der Waals surface area contributed by atoms with E-state index in [-0.39, 0.29) is 0 Å². The lowest BCUT2D eigenvalue weighted by Gasteiger charge is -2.31. The van der Waals surface area contributed by atoms with Gasteiger partial charge in [0.2, 0.25) is 11.8 Å². The van der Waals surface area contributed by atoms with Gasteiger partial charge < -0.3 is 14.9 Å². The highest BCUT2D eigenvalue weighted by molar-refractivity contribution is 6.25. The average Bonchev–Trinajstić information content (AvgIpc) is 3.31. The Labute approximate surface area is 202 Å². The summed E-state index contributed by atoms with van der Waals surface area (Å²) in [5, 5.41) is 22.8. The zero-order chi connectivity index (χ0) is 25.5. The van der Waals surface area contributed by atoms with Gasteiger partial charge >= 0.3 is 11.9 Å². The molecule has 0 radical (unpaired) electrons. The molecular formula is C26H28N2O7.